The van der Waals surface area contributed by atoms with Crippen LogP contribution < -0.4 is 4.90 Å². The van der Waals surface area contributed by atoms with Crippen molar-refractivity contribution in [2.75, 3.05) is 4.90 Å². The third-order valence-corrected chi connectivity index (χ3v) is 7.37. The van der Waals surface area contributed by atoms with Crippen LogP contribution in [-0.4, -0.2) is 20.4 Å². The van der Waals surface area contributed by atoms with Crippen molar-refractivity contribution in [2.45, 2.75) is 5.92 Å². The fourth-order valence-corrected chi connectivity index (χ4v) is 5.23. The summed E-state index contributed by atoms with van der Waals surface area (Å²) < 4.78 is 0. The minimum Gasteiger partial charge on any atom is -0.508 e. The first-order valence-corrected chi connectivity index (χ1v) is 13.6. The van der Waals surface area contributed by atoms with E-state index in [4.69, 9.17) is 0 Å². The Hall–Kier alpha value is -5.68. The maximum absolute atomic E-state index is 9.83. The van der Waals surface area contributed by atoms with Crippen molar-refractivity contribution >= 4 is 17.1 Å². The Kier molecular flexibility index (Phi) is 7.22. The fourth-order valence-electron chi connectivity index (χ4n) is 5.23. The van der Waals surface area contributed by atoms with Crippen LogP contribution in [-0.2, 0) is 0 Å². The van der Waals surface area contributed by atoms with Crippen LogP contribution in [0.2, 0.25) is 0 Å². The molecule has 0 unspecified atom stereocenters. The minimum atomic E-state index is -0.0631. The number of anilines is 3. The summed E-state index contributed by atoms with van der Waals surface area (Å²) in [7, 11) is 0. The molecule has 0 aromatic heterocycles. The van der Waals surface area contributed by atoms with Crippen LogP contribution in [0.15, 0.2) is 146 Å². The Morgan fingerprint density at radius 3 is 0.881 bits per heavy atom. The summed E-state index contributed by atoms with van der Waals surface area (Å²) in [6.45, 7) is 0. The normalized spacial score (nSPS) is 11.0. The van der Waals surface area contributed by atoms with E-state index in [1.807, 2.05) is 48.5 Å². The first kappa shape index (κ1) is 26.5. The van der Waals surface area contributed by atoms with Gasteiger partial charge in [-0.1, -0.05) is 60.7 Å². The second kappa shape index (κ2) is 11.4. The molecule has 6 rings (SSSR count). The Bertz CT molecular complexity index is 1530. The summed E-state index contributed by atoms with van der Waals surface area (Å²) in [5, 5.41) is 39.3. The number of rotatable bonds is 7. The van der Waals surface area contributed by atoms with E-state index < -0.39 is 0 Å². The maximum atomic E-state index is 9.83. The summed E-state index contributed by atoms with van der Waals surface area (Å²) >= 11 is 0. The van der Waals surface area contributed by atoms with Gasteiger partial charge in [-0.2, -0.15) is 0 Å². The highest BCUT2D eigenvalue weighted by Gasteiger charge is 2.18. The lowest BCUT2D eigenvalue weighted by Crippen LogP contribution is -2.09. The van der Waals surface area contributed by atoms with Crippen LogP contribution in [0.3, 0.4) is 0 Å². The second-order valence-electron chi connectivity index (χ2n) is 10.2. The van der Waals surface area contributed by atoms with Gasteiger partial charge in [0.25, 0.3) is 0 Å². The molecule has 6 aromatic carbocycles. The molecule has 0 saturated carbocycles. The van der Waals surface area contributed by atoms with Crippen LogP contribution >= 0.6 is 0 Å². The van der Waals surface area contributed by atoms with Gasteiger partial charge >= 0.3 is 0 Å². The average molecular weight is 552 g/mol. The zero-order chi connectivity index (χ0) is 29.1. The fraction of sp³-hybridized carbons (Fsp3) is 0.0270. The molecule has 0 saturated heterocycles. The average Bonchev–Trinajstić information content (AvgIpc) is 3.02. The molecule has 0 bridgehead atoms. The van der Waals surface area contributed by atoms with E-state index in [1.165, 1.54) is 0 Å². The zero-order valence-electron chi connectivity index (χ0n) is 22.7. The highest BCUT2D eigenvalue weighted by molar-refractivity contribution is 5.78. The van der Waals surface area contributed by atoms with Gasteiger partial charge in [-0.15, -0.1) is 0 Å². The molecule has 0 aliphatic carbocycles. The highest BCUT2D eigenvalue weighted by Crippen LogP contribution is 2.38. The van der Waals surface area contributed by atoms with Gasteiger partial charge in [0.15, 0.2) is 0 Å². The molecule has 0 spiro atoms. The SMILES string of the molecule is Oc1ccc(C(c2ccc(O)cc2)c2ccc(-c3ccc(N(c4ccc(O)cc4)c4ccc(O)cc4)cc3)cc2)cc1. The molecule has 0 aliphatic heterocycles. The predicted molar refractivity (Wildman–Crippen MR) is 167 cm³/mol. The van der Waals surface area contributed by atoms with E-state index in [0.717, 1.165) is 44.9 Å². The molecule has 206 valence electrons. The standard InChI is InChI=1S/C37H29NO4/c39-33-17-7-28(8-18-33)37(29-9-19-34(40)20-10-29)27-3-1-25(2-4-27)26-5-11-30(12-6-26)38(31-13-21-35(41)22-14-31)32-15-23-36(42)24-16-32/h1-24,37,39-42H. The topological polar surface area (TPSA) is 84.2 Å². The third kappa shape index (κ3) is 5.62. The molecule has 5 nitrogen and oxygen atoms in total. The summed E-state index contributed by atoms with van der Waals surface area (Å²) in [4.78, 5) is 2.06. The largest absolute Gasteiger partial charge is 0.508 e. The summed E-state index contributed by atoms with van der Waals surface area (Å²) in [5.74, 6) is 0.766. The lowest BCUT2D eigenvalue weighted by atomic mass is 9.84. The van der Waals surface area contributed by atoms with Crippen LogP contribution in [0.25, 0.3) is 11.1 Å². The van der Waals surface area contributed by atoms with Crippen LogP contribution in [0.4, 0.5) is 17.1 Å². The molecule has 0 fully saturated rings. The molecule has 0 radical (unpaired) electrons. The van der Waals surface area contributed by atoms with Gasteiger partial charge in [0.1, 0.15) is 23.0 Å². The van der Waals surface area contributed by atoms with E-state index >= 15 is 0 Å². The monoisotopic (exact) mass is 551 g/mol. The number of benzene rings is 6. The number of hydrogen-bond donors (Lipinski definition) is 4. The molecule has 5 heteroatoms. The molecule has 0 amide bonds. The molecular formula is C37H29NO4. The highest BCUT2D eigenvalue weighted by atomic mass is 16.3. The van der Waals surface area contributed by atoms with Crippen LogP contribution in [0.1, 0.15) is 22.6 Å². The quantitative estimate of drug-likeness (QED) is 0.149. The molecule has 0 heterocycles. The lowest BCUT2D eigenvalue weighted by molar-refractivity contribution is 0.474. The maximum Gasteiger partial charge on any atom is 0.115 e. The van der Waals surface area contributed by atoms with Crippen molar-refractivity contribution in [1.29, 1.82) is 0 Å². The van der Waals surface area contributed by atoms with Gasteiger partial charge in [-0.3, -0.25) is 0 Å². The Labute approximate surface area is 244 Å². The van der Waals surface area contributed by atoms with Gasteiger partial charge < -0.3 is 25.3 Å². The third-order valence-electron chi connectivity index (χ3n) is 7.37. The molecule has 4 N–H and O–H groups in total. The van der Waals surface area contributed by atoms with Crippen molar-refractivity contribution in [1.82, 2.24) is 0 Å². The van der Waals surface area contributed by atoms with Crippen molar-refractivity contribution < 1.29 is 20.4 Å². The lowest BCUT2D eigenvalue weighted by Gasteiger charge is -2.25. The molecule has 6 aromatic rings. The molecular weight excluding hydrogens is 522 g/mol. The Morgan fingerprint density at radius 1 is 0.310 bits per heavy atom. The number of phenols is 4. The number of hydrogen-bond acceptors (Lipinski definition) is 5. The van der Waals surface area contributed by atoms with Gasteiger partial charge in [0.2, 0.25) is 0 Å². The molecule has 42 heavy (non-hydrogen) atoms. The van der Waals surface area contributed by atoms with E-state index in [2.05, 4.69) is 53.4 Å². The number of aromatic hydroxyl groups is 4. The first-order chi connectivity index (χ1) is 20.4. The Morgan fingerprint density at radius 2 is 0.548 bits per heavy atom. The summed E-state index contributed by atoms with van der Waals surface area (Å²) in [6, 6.07) is 45.2. The predicted octanol–water partition coefficient (Wildman–Crippen LogP) is 8.83. The van der Waals surface area contributed by atoms with Crippen molar-refractivity contribution in [3.05, 3.63) is 162 Å². The van der Waals surface area contributed by atoms with E-state index in [-0.39, 0.29) is 28.9 Å². The Balaban J connectivity index is 1.31. The van der Waals surface area contributed by atoms with E-state index in [1.54, 1.807) is 48.5 Å². The van der Waals surface area contributed by atoms with Crippen molar-refractivity contribution in [3.8, 4) is 34.1 Å². The number of nitrogens with zero attached hydrogens (tertiary/aromatic N) is 1. The van der Waals surface area contributed by atoms with E-state index in [0.29, 0.717) is 0 Å². The minimum absolute atomic E-state index is 0.0631. The van der Waals surface area contributed by atoms with Crippen LogP contribution in [0.5, 0.6) is 23.0 Å². The van der Waals surface area contributed by atoms with Crippen molar-refractivity contribution in [3.63, 3.8) is 0 Å². The number of phenolic OH excluding ortho intramolecular Hbond substituents is 4. The van der Waals surface area contributed by atoms with Gasteiger partial charge in [-0.25, -0.2) is 0 Å². The molecule has 0 atom stereocenters. The first-order valence-electron chi connectivity index (χ1n) is 13.6. The smallest absolute Gasteiger partial charge is 0.115 e. The van der Waals surface area contributed by atoms with Gasteiger partial charge in [-0.05, 0) is 113 Å². The van der Waals surface area contributed by atoms with Crippen LogP contribution in [0, 0.1) is 0 Å². The van der Waals surface area contributed by atoms with Gasteiger partial charge in [0, 0.05) is 23.0 Å². The van der Waals surface area contributed by atoms with Crippen molar-refractivity contribution in [2.24, 2.45) is 0 Å². The van der Waals surface area contributed by atoms with Gasteiger partial charge in [0.05, 0.1) is 0 Å². The zero-order valence-corrected chi connectivity index (χ0v) is 22.7. The van der Waals surface area contributed by atoms with E-state index in [9.17, 15) is 20.4 Å². The summed E-state index contributed by atoms with van der Waals surface area (Å²) in [6.07, 6.45) is 0. The second-order valence-corrected chi connectivity index (χ2v) is 10.2. The molecule has 0 aliphatic rings. The summed E-state index contributed by atoms with van der Waals surface area (Å²) in [5.41, 5.74) is 8.01.